The Balaban J connectivity index is 1.44. The van der Waals surface area contributed by atoms with E-state index in [1.807, 2.05) is 24.3 Å². The Hall–Kier alpha value is -1.22. The number of hydrogen-bond acceptors (Lipinski definition) is 3. The number of unbranched alkanes of at least 4 members (excludes halogenated alkanes) is 3. The third-order valence-corrected chi connectivity index (χ3v) is 3.41. The zero-order valence-electron chi connectivity index (χ0n) is 11.9. The first-order valence-corrected chi connectivity index (χ1v) is 7.39. The smallest absolute Gasteiger partial charge is 0.119 e. The molecule has 0 heterocycles. The fourth-order valence-electron chi connectivity index (χ4n) is 2.04. The van der Waals surface area contributed by atoms with Crippen molar-refractivity contribution in [2.45, 2.75) is 44.6 Å². The van der Waals surface area contributed by atoms with E-state index in [1.165, 1.54) is 38.6 Å². The summed E-state index contributed by atoms with van der Waals surface area (Å²) in [7, 11) is 1.67. The number of nitrogens with one attached hydrogen (secondary N) is 1. The van der Waals surface area contributed by atoms with Gasteiger partial charge in [-0.2, -0.15) is 0 Å². The Morgan fingerprint density at radius 3 is 2.37 bits per heavy atom. The van der Waals surface area contributed by atoms with Crippen LogP contribution in [0.2, 0.25) is 0 Å². The van der Waals surface area contributed by atoms with E-state index in [0.29, 0.717) is 0 Å². The van der Waals surface area contributed by atoms with Gasteiger partial charge in [-0.15, -0.1) is 0 Å². The SMILES string of the molecule is COc1ccc(OCCCCCCNC2CC2)cc1. The van der Waals surface area contributed by atoms with Gasteiger partial charge < -0.3 is 14.8 Å². The molecule has 3 heteroatoms. The van der Waals surface area contributed by atoms with Crippen molar-refractivity contribution in [3.8, 4) is 11.5 Å². The molecule has 3 nitrogen and oxygen atoms in total. The van der Waals surface area contributed by atoms with E-state index >= 15 is 0 Å². The van der Waals surface area contributed by atoms with E-state index in [0.717, 1.165) is 30.6 Å². The lowest BCUT2D eigenvalue weighted by molar-refractivity contribution is 0.304. The van der Waals surface area contributed by atoms with Crippen LogP contribution in [0.1, 0.15) is 38.5 Å². The summed E-state index contributed by atoms with van der Waals surface area (Å²) in [6.45, 7) is 1.99. The summed E-state index contributed by atoms with van der Waals surface area (Å²) in [6, 6.07) is 8.62. The van der Waals surface area contributed by atoms with Gasteiger partial charge >= 0.3 is 0 Å². The summed E-state index contributed by atoms with van der Waals surface area (Å²) in [4.78, 5) is 0. The number of benzene rings is 1. The minimum Gasteiger partial charge on any atom is -0.497 e. The molecule has 1 saturated carbocycles. The molecule has 0 aromatic heterocycles. The quantitative estimate of drug-likeness (QED) is 0.656. The lowest BCUT2D eigenvalue weighted by Gasteiger charge is -2.07. The Morgan fingerprint density at radius 1 is 1.00 bits per heavy atom. The first kappa shape index (κ1) is 14.2. The molecule has 0 bridgehead atoms. The topological polar surface area (TPSA) is 30.5 Å². The minimum atomic E-state index is 0.808. The van der Waals surface area contributed by atoms with E-state index in [4.69, 9.17) is 9.47 Å². The van der Waals surface area contributed by atoms with Crippen LogP contribution < -0.4 is 14.8 Å². The van der Waals surface area contributed by atoms with Gasteiger partial charge in [0, 0.05) is 6.04 Å². The van der Waals surface area contributed by atoms with Crippen LogP contribution in [0.3, 0.4) is 0 Å². The molecule has 0 saturated heterocycles. The van der Waals surface area contributed by atoms with Crippen molar-refractivity contribution in [2.24, 2.45) is 0 Å². The van der Waals surface area contributed by atoms with Crippen LogP contribution in [-0.2, 0) is 0 Å². The maximum atomic E-state index is 5.69. The molecule has 1 fully saturated rings. The average Bonchev–Trinajstić information content (AvgIpc) is 3.26. The second-order valence-electron chi connectivity index (χ2n) is 5.17. The van der Waals surface area contributed by atoms with Crippen molar-refractivity contribution in [1.29, 1.82) is 0 Å². The van der Waals surface area contributed by atoms with Gasteiger partial charge in [-0.25, -0.2) is 0 Å². The third-order valence-electron chi connectivity index (χ3n) is 3.41. The zero-order valence-corrected chi connectivity index (χ0v) is 11.9. The first-order valence-electron chi connectivity index (χ1n) is 7.39. The minimum absolute atomic E-state index is 0.808. The van der Waals surface area contributed by atoms with E-state index in [9.17, 15) is 0 Å². The van der Waals surface area contributed by atoms with E-state index in [2.05, 4.69) is 5.32 Å². The summed E-state index contributed by atoms with van der Waals surface area (Å²) in [5.74, 6) is 1.80. The highest BCUT2D eigenvalue weighted by Gasteiger charge is 2.19. The van der Waals surface area contributed by atoms with Crippen LogP contribution in [-0.4, -0.2) is 26.3 Å². The summed E-state index contributed by atoms with van der Waals surface area (Å²) >= 11 is 0. The molecule has 19 heavy (non-hydrogen) atoms. The zero-order chi connectivity index (χ0) is 13.3. The van der Waals surface area contributed by atoms with Crippen LogP contribution in [0.4, 0.5) is 0 Å². The maximum Gasteiger partial charge on any atom is 0.119 e. The van der Waals surface area contributed by atoms with Gasteiger partial charge in [0.2, 0.25) is 0 Å². The van der Waals surface area contributed by atoms with Gasteiger partial charge in [0.1, 0.15) is 11.5 Å². The number of hydrogen-bond donors (Lipinski definition) is 1. The molecule has 0 amide bonds. The fraction of sp³-hybridized carbons (Fsp3) is 0.625. The Kier molecular flexibility index (Phi) is 6.02. The average molecular weight is 263 g/mol. The van der Waals surface area contributed by atoms with Gasteiger partial charge in [-0.05, 0) is 56.5 Å². The van der Waals surface area contributed by atoms with Crippen LogP contribution in [0.25, 0.3) is 0 Å². The molecule has 1 N–H and O–H groups in total. The van der Waals surface area contributed by atoms with Crippen molar-refractivity contribution < 1.29 is 9.47 Å². The highest BCUT2D eigenvalue weighted by Crippen LogP contribution is 2.19. The van der Waals surface area contributed by atoms with E-state index in [-0.39, 0.29) is 0 Å². The van der Waals surface area contributed by atoms with Crippen LogP contribution >= 0.6 is 0 Å². The second kappa shape index (κ2) is 8.05. The van der Waals surface area contributed by atoms with Gasteiger partial charge in [-0.3, -0.25) is 0 Å². The molecule has 106 valence electrons. The van der Waals surface area contributed by atoms with Gasteiger partial charge in [0.25, 0.3) is 0 Å². The molecule has 1 aromatic carbocycles. The van der Waals surface area contributed by atoms with E-state index < -0.39 is 0 Å². The van der Waals surface area contributed by atoms with Crippen molar-refractivity contribution in [2.75, 3.05) is 20.3 Å². The van der Waals surface area contributed by atoms with Crippen LogP contribution in [0, 0.1) is 0 Å². The highest BCUT2D eigenvalue weighted by atomic mass is 16.5. The van der Waals surface area contributed by atoms with Crippen molar-refractivity contribution in [3.63, 3.8) is 0 Å². The predicted molar refractivity (Wildman–Crippen MR) is 78.0 cm³/mol. The molecule has 1 aromatic rings. The molecule has 0 unspecified atom stereocenters. The Morgan fingerprint density at radius 2 is 1.68 bits per heavy atom. The Labute approximate surface area is 116 Å². The maximum absolute atomic E-state index is 5.69. The summed E-state index contributed by atoms with van der Waals surface area (Å²) < 4.78 is 10.8. The van der Waals surface area contributed by atoms with Crippen molar-refractivity contribution in [1.82, 2.24) is 5.32 Å². The van der Waals surface area contributed by atoms with Gasteiger partial charge in [0.05, 0.1) is 13.7 Å². The predicted octanol–water partition coefficient (Wildman–Crippen LogP) is 3.39. The lowest BCUT2D eigenvalue weighted by Crippen LogP contribution is -2.17. The summed E-state index contributed by atoms with van der Waals surface area (Å²) in [5.41, 5.74) is 0. The van der Waals surface area contributed by atoms with Crippen LogP contribution in [0.15, 0.2) is 24.3 Å². The van der Waals surface area contributed by atoms with Gasteiger partial charge in [-0.1, -0.05) is 12.8 Å². The normalized spacial score (nSPS) is 14.4. The highest BCUT2D eigenvalue weighted by molar-refractivity contribution is 5.31. The van der Waals surface area contributed by atoms with E-state index in [1.54, 1.807) is 7.11 Å². The fourth-order valence-corrected chi connectivity index (χ4v) is 2.04. The molecular formula is C16H25NO2. The summed E-state index contributed by atoms with van der Waals surface area (Å²) in [6.07, 6.45) is 7.74. The molecule has 2 rings (SSSR count). The Bertz CT molecular complexity index is 346. The lowest BCUT2D eigenvalue weighted by atomic mass is 10.2. The molecule has 0 radical (unpaired) electrons. The van der Waals surface area contributed by atoms with Gasteiger partial charge in [0.15, 0.2) is 0 Å². The molecule has 0 aliphatic heterocycles. The third kappa shape index (κ3) is 5.97. The number of rotatable bonds is 10. The monoisotopic (exact) mass is 263 g/mol. The molecule has 0 atom stereocenters. The molecule has 1 aliphatic carbocycles. The summed E-state index contributed by atoms with van der Waals surface area (Å²) in [5, 5.41) is 3.54. The van der Waals surface area contributed by atoms with Crippen molar-refractivity contribution in [3.05, 3.63) is 24.3 Å². The standard InChI is InChI=1S/C16H25NO2/c1-18-15-8-10-16(11-9-15)19-13-5-3-2-4-12-17-14-6-7-14/h8-11,14,17H,2-7,12-13H2,1H3. The molecule has 0 spiro atoms. The first-order chi connectivity index (χ1) is 9.38. The van der Waals surface area contributed by atoms with Crippen molar-refractivity contribution >= 4 is 0 Å². The number of ether oxygens (including phenoxy) is 2. The molecular weight excluding hydrogens is 238 g/mol. The largest absolute Gasteiger partial charge is 0.497 e. The van der Waals surface area contributed by atoms with Crippen LogP contribution in [0.5, 0.6) is 11.5 Å². The molecule has 1 aliphatic rings. The number of methoxy groups -OCH3 is 1. The second-order valence-corrected chi connectivity index (χ2v) is 5.17.